The molecule has 7 heteroatoms. The summed E-state index contributed by atoms with van der Waals surface area (Å²) in [6, 6.07) is 1.49. The van der Waals surface area contributed by atoms with Gasteiger partial charge in [0, 0.05) is 19.0 Å². The highest BCUT2D eigenvalue weighted by molar-refractivity contribution is 5.23. The zero-order chi connectivity index (χ0) is 12.4. The molecule has 0 unspecified atom stereocenters. The third-order valence-corrected chi connectivity index (χ3v) is 2.72. The van der Waals surface area contributed by atoms with E-state index in [1.54, 1.807) is 0 Å². The second-order valence-corrected chi connectivity index (χ2v) is 4.06. The lowest BCUT2D eigenvalue weighted by Crippen LogP contribution is -2.39. The number of nitrogen functional groups attached to an aromatic ring is 1. The van der Waals surface area contributed by atoms with E-state index in [-0.39, 0.29) is 12.4 Å². The SMILES string of the molecule is Nc1ccn([C@@H]2C[C@H](O)C[C@@H](CO)O2)c(=O)n1. The van der Waals surface area contributed by atoms with Crippen molar-refractivity contribution in [2.45, 2.75) is 31.3 Å². The molecule has 0 aliphatic carbocycles. The minimum absolute atomic E-state index is 0.140. The Bertz CT molecular complexity index is 447. The molecule has 2 rings (SSSR count). The zero-order valence-electron chi connectivity index (χ0n) is 9.19. The molecule has 1 aromatic rings. The Labute approximate surface area is 97.5 Å². The smallest absolute Gasteiger partial charge is 0.351 e. The van der Waals surface area contributed by atoms with Gasteiger partial charge >= 0.3 is 5.69 Å². The molecule has 17 heavy (non-hydrogen) atoms. The summed E-state index contributed by atoms with van der Waals surface area (Å²) in [6.45, 7) is -0.190. The van der Waals surface area contributed by atoms with Gasteiger partial charge in [-0.25, -0.2) is 4.79 Å². The molecule has 0 radical (unpaired) electrons. The summed E-state index contributed by atoms with van der Waals surface area (Å²) in [6.07, 6.45) is 0.452. The molecule has 0 saturated carbocycles. The normalized spacial score (nSPS) is 29.2. The number of aliphatic hydroxyl groups is 2. The molecule has 4 N–H and O–H groups in total. The lowest BCUT2D eigenvalue weighted by atomic mass is 10.0. The Morgan fingerprint density at radius 3 is 3.00 bits per heavy atom. The Balaban J connectivity index is 2.23. The summed E-state index contributed by atoms with van der Waals surface area (Å²) in [5, 5.41) is 18.7. The highest BCUT2D eigenvalue weighted by Gasteiger charge is 2.29. The van der Waals surface area contributed by atoms with Crippen LogP contribution in [-0.4, -0.2) is 38.6 Å². The van der Waals surface area contributed by atoms with Gasteiger partial charge in [-0.1, -0.05) is 0 Å². The molecular weight excluding hydrogens is 226 g/mol. The fourth-order valence-electron chi connectivity index (χ4n) is 1.91. The van der Waals surface area contributed by atoms with E-state index in [9.17, 15) is 9.90 Å². The van der Waals surface area contributed by atoms with E-state index in [4.69, 9.17) is 15.6 Å². The molecule has 0 aromatic carbocycles. The molecule has 1 fully saturated rings. The van der Waals surface area contributed by atoms with Crippen LogP contribution in [0.15, 0.2) is 17.1 Å². The summed E-state index contributed by atoms with van der Waals surface area (Å²) in [5.41, 5.74) is 4.86. The molecule has 3 atom stereocenters. The topological polar surface area (TPSA) is 111 Å². The van der Waals surface area contributed by atoms with Crippen molar-refractivity contribution in [3.63, 3.8) is 0 Å². The van der Waals surface area contributed by atoms with Crippen LogP contribution >= 0.6 is 0 Å². The van der Waals surface area contributed by atoms with Gasteiger partial charge in [-0.05, 0) is 6.07 Å². The Kier molecular flexibility index (Phi) is 3.41. The number of nitrogens with zero attached hydrogens (tertiary/aromatic N) is 2. The van der Waals surface area contributed by atoms with E-state index in [0.29, 0.717) is 12.8 Å². The minimum atomic E-state index is -0.614. The lowest BCUT2D eigenvalue weighted by Gasteiger charge is -2.32. The number of aromatic nitrogens is 2. The van der Waals surface area contributed by atoms with E-state index in [2.05, 4.69) is 4.98 Å². The van der Waals surface area contributed by atoms with Crippen LogP contribution in [0.3, 0.4) is 0 Å². The van der Waals surface area contributed by atoms with Gasteiger partial charge in [0.2, 0.25) is 0 Å². The summed E-state index contributed by atoms with van der Waals surface area (Å²) in [4.78, 5) is 15.2. The van der Waals surface area contributed by atoms with Crippen molar-refractivity contribution in [1.29, 1.82) is 0 Å². The standard InChI is InChI=1S/C10H15N3O4/c11-8-1-2-13(10(16)12-8)9-4-6(15)3-7(5-14)17-9/h1-2,6-7,9,14-15H,3-5H2,(H2,11,12,16)/t6-,7+,9+/m1/s1. The van der Waals surface area contributed by atoms with Crippen molar-refractivity contribution in [2.75, 3.05) is 12.3 Å². The van der Waals surface area contributed by atoms with Crippen LogP contribution in [0.1, 0.15) is 19.1 Å². The van der Waals surface area contributed by atoms with Gasteiger partial charge in [0.25, 0.3) is 0 Å². The van der Waals surface area contributed by atoms with Crippen LogP contribution in [0.2, 0.25) is 0 Å². The van der Waals surface area contributed by atoms with Gasteiger partial charge in [-0.15, -0.1) is 0 Å². The van der Waals surface area contributed by atoms with Crippen molar-refractivity contribution in [3.05, 3.63) is 22.7 Å². The van der Waals surface area contributed by atoms with Crippen molar-refractivity contribution in [1.82, 2.24) is 9.55 Å². The fourth-order valence-corrected chi connectivity index (χ4v) is 1.91. The average molecular weight is 241 g/mol. The first-order chi connectivity index (χ1) is 8.10. The Morgan fingerprint density at radius 1 is 1.59 bits per heavy atom. The van der Waals surface area contributed by atoms with E-state index in [1.165, 1.54) is 16.8 Å². The lowest BCUT2D eigenvalue weighted by molar-refractivity contribution is -0.143. The monoisotopic (exact) mass is 241 g/mol. The zero-order valence-corrected chi connectivity index (χ0v) is 9.19. The van der Waals surface area contributed by atoms with Crippen LogP contribution in [0.25, 0.3) is 0 Å². The van der Waals surface area contributed by atoms with E-state index in [1.807, 2.05) is 0 Å². The second kappa shape index (κ2) is 4.82. The molecule has 1 aliphatic rings. The maximum Gasteiger partial charge on any atom is 0.351 e. The van der Waals surface area contributed by atoms with Crippen LogP contribution in [0, 0.1) is 0 Å². The quantitative estimate of drug-likeness (QED) is 0.603. The summed E-state index contributed by atoms with van der Waals surface area (Å²) < 4.78 is 6.75. The molecule has 0 amide bonds. The van der Waals surface area contributed by atoms with Gasteiger partial charge in [0.15, 0.2) is 0 Å². The summed E-state index contributed by atoms with van der Waals surface area (Å²) in [5.74, 6) is 0.140. The Hall–Kier alpha value is -1.44. The molecule has 2 heterocycles. The fraction of sp³-hybridized carbons (Fsp3) is 0.600. The van der Waals surface area contributed by atoms with Crippen molar-refractivity contribution in [3.8, 4) is 0 Å². The number of anilines is 1. The van der Waals surface area contributed by atoms with E-state index in [0.717, 1.165) is 0 Å². The molecular formula is C10H15N3O4. The molecule has 7 nitrogen and oxygen atoms in total. The summed E-state index contributed by atoms with van der Waals surface area (Å²) >= 11 is 0. The largest absolute Gasteiger partial charge is 0.394 e. The molecule has 0 bridgehead atoms. The van der Waals surface area contributed by atoms with Gasteiger partial charge in [-0.2, -0.15) is 4.98 Å². The van der Waals surface area contributed by atoms with Crippen molar-refractivity contribution in [2.24, 2.45) is 0 Å². The maximum absolute atomic E-state index is 11.6. The van der Waals surface area contributed by atoms with Crippen LogP contribution < -0.4 is 11.4 Å². The number of hydrogen-bond acceptors (Lipinski definition) is 6. The van der Waals surface area contributed by atoms with Gasteiger partial charge in [0.05, 0.1) is 18.8 Å². The number of aliphatic hydroxyl groups excluding tert-OH is 2. The number of ether oxygens (including phenoxy) is 1. The molecule has 1 aliphatic heterocycles. The van der Waals surface area contributed by atoms with E-state index >= 15 is 0 Å². The van der Waals surface area contributed by atoms with Crippen molar-refractivity contribution < 1.29 is 14.9 Å². The number of rotatable bonds is 2. The van der Waals surface area contributed by atoms with Gasteiger partial charge in [-0.3, -0.25) is 4.57 Å². The van der Waals surface area contributed by atoms with Crippen LogP contribution in [0.4, 0.5) is 5.82 Å². The first kappa shape index (κ1) is 12.0. The Morgan fingerprint density at radius 2 is 2.35 bits per heavy atom. The third kappa shape index (κ3) is 2.63. The second-order valence-electron chi connectivity index (χ2n) is 4.06. The number of nitrogens with two attached hydrogens (primary N) is 1. The summed E-state index contributed by atoms with van der Waals surface area (Å²) in [7, 11) is 0. The molecule has 0 spiro atoms. The van der Waals surface area contributed by atoms with Crippen molar-refractivity contribution >= 4 is 5.82 Å². The minimum Gasteiger partial charge on any atom is -0.394 e. The average Bonchev–Trinajstić information content (AvgIpc) is 2.28. The first-order valence-electron chi connectivity index (χ1n) is 5.39. The highest BCUT2D eigenvalue weighted by atomic mass is 16.5. The predicted molar refractivity (Wildman–Crippen MR) is 59.1 cm³/mol. The number of hydrogen-bond donors (Lipinski definition) is 3. The van der Waals surface area contributed by atoms with Crippen LogP contribution in [0.5, 0.6) is 0 Å². The third-order valence-electron chi connectivity index (χ3n) is 2.72. The first-order valence-corrected chi connectivity index (χ1v) is 5.39. The van der Waals surface area contributed by atoms with Gasteiger partial charge < -0.3 is 20.7 Å². The predicted octanol–water partition coefficient (Wildman–Crippen LogP) is -1.14. The molecule has 1 aromatic heterocycles. The molecule has 94 valence electrons. The van der Waals surface area contributed by atoms with E-state index < -0.39 is 24.1 Å². The highest BCUT2D eigenvalue weighted by Crippen LogP contribution is 2.25. The maximum atomic E-state index is 11.6. The van der Waals surface area contributed by atoms with Gasteiger partial charge in [0.1, 0.15) is 12.0 Å². The molecule has 1 saturated heterocycles. The van der Waals surface area contributed by atoms with Crippen LogP contribution in [-0.2, 0) is 4.74 Å².